The van der Waals surface area contributed by atoms with Gasteiger partial charge in [0.05, 0.1) is 17.6 Å². The Kier molecular flexibility index (Phi) is 5.85. The molecular weight excluding hydrogens is 386 g/mol. The maximum Gasteiger partial charge on any atom is 0.270 e. The molecular formula is C22H25N3O5. The van der Waals surface area contributed by atoms with Crippen molar-refractivity contribution in [2.75, 3.05) is 33.3 Å². The van der Waals surface area contributed by atoms with Gasteiger partial charge in [0, 0.05) is 31.3 Å². The summed E-state index contributed by atoms with van der Waals surface area (Å²) >= 11 is 0. The van der Waals surface area contributed by atoms with Crippen molar-refractivity contribution in [3.8, 4) is 17.2 Å². The summed E-state index contributed by atoms with van der Waals surface area (Å²) in [7, 11) is 1.58. The van der Waals surface area contributed by atoms with E-state index in [0.29, 0.717) is 36.4 Å². The van der Waals surface area contributed by atoms with E-state index >= 15 is 0 Å². The van der Waals surface area contributed by atoms with E-state index in [1.807, 2.05) is 0 Å². The first-order valence-electron chi connectivity index (χ1n) is 10.2. The third-order valence-electron chi connectivity index (χ3n) is 5.80. The zero-order chi connectivity index (χ0) is 21.1. The molecule has 8 nitrogen and oxygen atoms in total. The number of nitro groups is 1. The molecule has 30 heavy (non-hydrogen) atoms. The predicted octanol–water partition coefficient (Wildman–Crippen LogP) is 3.71. The maximum atomic E-state index is 13.3. The molecule has 8 heteroatoms. The average Bonchev–Trinajstić information content (AvgIpc) is 3.46. The van der Waals surface area contributed by atoms with Crippen LogP contribution in [0.2, 0.25) is 0 Å². The predicted molar refractivity (Wildman–Crippen MR) is 111 cm³/mol. The number of methoxy groups -OCH3 is 1. The molecule has 0 radical (unpaired) electrons. The highest BCUT2D eigenvalue weighted by atomic mass is 16.6. The van der Waals surface area contributed by atoms with Crippen LogP contribution in [0.3, 0.4) is 0 Å². The largest absolute Gasteiger partial charge is 0.497 e. The Balaban J connectivity index is 1.57. The fourth-order valence-electron chi connectivity index (χ4n) is 4.16. The molecule has 2 fully saturated rings. The molecule has 0 bridgehead atoms. The second kappa shape index (κ2) is 8.71. The third-order valence-corrected chi connectivity index (χ3v) is 5.80. The van der Waals surface area contributed by atoms with Gasteiger partial charge in [-0.2, -0.15) is 0 Å². The second-order valence-electron chi connectivity index (χ2n) is 7.65. The number of amides is 1. The minimum atomic E-state index is -0.495. The summed E-state index contributed by atoms with van der Waals surface area (Å²) in [5.41, 5.74) is 0.0813. The fraction of sp³-hybridized carbons (Fsp3) is 0.409. The first kappa shape index (κ1) is 20.2. The highest BCUT2D eigenvalue weighted by Crippen LogP contribution is 2.32. The van der Waals surface area contributed by atoms with Gasteiger partial charge >= 0.3 is 0 Å². The van der Waals surface area contributed by atoms with E-state index in [1.54, 1.807) is 36.3 Å². The summed E-state index contributed by atoms with van der Waals surface area (Å²) < 4.78 is 11.1. The van der Waals surface area contributed by atoms with Crippen molar-refractivity contribution in [2.45, 2.75) is 25.3 Å². The van der Waals surface area contributed by atoms with Gasteiger partial charge in [-0.05, 0) is 62.7 Å². The summed E-state index contributed by atoms with van der Waals surface area (Å²) in [6.45, 7) is 3.44. The van der Waals surface area contributed by atoms with E-state index in [0.717, 1.165) is 19.5 Å². The molecule has 1 unspecified atom stereocenters. The molecule has 2 aliphatic heterocycles. The lowest BCUT2D eigenvalue weighted by Crippen LogP contribution is -2.37. The molecule has 0 saturated carbocycles. The highest BCUT2D eigenvalue weighted by molar-refractivity contribution is 5.98. The van der Waals surface area contributed by atoms with Crippen molar-refractivity contribution in [3.05, 3.63) is 58.1 Å². The van der Waals surface area contributed by atoms with Crippen LogP contribution in [-0.4, -0.2) is 60.0 Å². The monoisotopic (exact) mass is 411 g/mol. The maximum absolute atomic E-state index is 13.3. The van der Waals surface area contributed by atoms with Gasteiger partial charge in [-0.1, -0.05) is 0 Å². The fourth-order valence-corrected chi connectivity index (χ4v) is 4.16. The van der Waals surface area contributed by atoms with Crippen molar-refractivity contribution >= 4 is 11.6 Å². The number of benzene rings is 2. The molecule has 1 amide bonds. The van der Waals surface area contributed by atoms with E-state index in [4.69, 9.17) is 9.47 Å². The van der Waals surface area contributed by atoms with Gasteiger partial charge in [-0.25, -0.2) is 0 Å². The van der Waals surface area contributed by atoms with Crippen LogP contribution >= 0.6 is 0 Å². The molecule has 2 heterocycles. The molecule has 2 aromatic carbocycles. The second-order valence-corrected chi connectivity index (χ2v) is 7.65. The molecule has 1 atom stereocenters. The lowest BCUT2D eigenvalue weighted by Gasteiger charge is -2.24. The summed E-state index contributed by atoms with van der Waals surface area (Å²) in [5.74, 6) is 1.28. The zero-order valence-electron chi connectivity index (χ0n) is 17.0. The van der Waals surface area contributed by atoms with Crippen LogP contribution in [0.25, 0.3) is 0 Å². The smallest absolute Gasteiger partial charge is 0.270 e. The lowest BCUT2D eigenvalue weighted by atomic mass is 10.1. The number of nitro benzene ring substituents is 1. The van der Waals surface area contributed by atoms with Crippen LogP contribution in [0.5, 0.6) is 17.2 Å². The topological polar surface area (TPSA) is 85.1 Å². The number of non-ortho nitro benzene ring substituents is 1. The number of ether oxygens (including phenoxy) is 2. The molecule has 0 N–H and O–H groups in total. The Hall–Kier alpha value is -3.13. The van der Waals surface area contributed by atoms with Crippen molar-refractivity contribution in [1.29, 1.82) is 0 Å². The summed E-state index contributed by atoms with van der Waals surface area (Å²) in [4.78, 5) is 28.3. The number of carbonyl (C=O) groups is 1. The number of carbonyl (C=O) groups excluding carboxylic acids is 1. The van der Waals surface area contributed by atoms with E-state index in [1.165, 1.54) is 31.0 Å². The van der Waals surface area contributed by atoms with E-state index in [2.05, 4.69) is 4.90 Å². The number of hydrogen-bond acceptors (Lipinski definition) is 6. The molecule has 4 rings (SSSR count). The molecule has 0 aliphatic carbocycles. The highest BCUT2D eigenvalue weighted by Gasteiger charge is 2.33. The zero-order valence-corrected chi connectivity index (χ0v) is 17.0. The Morgan fingerprint density at radius 3 is 2.43 bits per heavy atom. The van der Waals surface area contributed by atoms with E-state index in [9.17, 15) is 14.9 Å². The first-order valence-corrected chi connectivity index (χ1v) is 10.2. The quantitative estimate of drug-likeness (QED) is 0.532. The lowest BCUT2D eigenvalue weighted by molar-refractivity contribution is -0.384. The van der Waals surface area contributed by atoms with Gasteiger partial charge in [0.1, 0.15) is 17.2 Å². The van der Waals surface area contributed by atoms with Crippen molar-refractivity contribution in [2.24, 2.45) is 0 Å². The van der Waals surface area contributed by atoms with Crippen LogP contribution in [-0.2, 0) is 0 Å². The molecule has 2 saturated heterocycles. The van der Waals surface area contributed by atoms with Crippen LogP contribution in [0, 0.1) is 10.1 Å². The van der Waals surface area contributed by atoms with Crippen LogP contribution < -0.4 is 9.47 Å². The molecule has 2 aromatic rings. The first-order chi connectivity index (χ1) is 14.5. The van der Waals surface area contributed by atoms with Crippen LogP contribution in [0.15, 0.2) is 42.5 Å². The third kappa shape index (κ3) is 4.23. The van der Waals surface area contributed by atoms with Gasteiger partial charge in [-0.15, -0.1) is 0 Å². The van der Waals surface area contributed by atoms with Crippen molar-refractivity contribution in [1.82, 2.24) is 9.80 Å². The summed E-state index contributed by atoms with van der Waals surface area (Å²) in [6, 6.07) is 11.5. The van der Waals surface area contributed by atoms with Crippen molar-refractivity contribution < 1.29 is 19.2 Å². The summed E-state index contributed by atoms with van der Waals surface area (Å²) in [6.07, 6.45) is 3.33. The van der Waals surface area contributed by atoms with Gasteiger partial charge in [0.2, 0.25) is 0 Å². The number of rotatable bonds is 6. The summed E-state index contributed by atoms with van der Waals surface area (Å²) in [5, 5.41) is 11.3. The minimum Gasteiger partial charge on any atom is -0.497 e. The SMILES string of the molecule is COc1ccc(Oc2ccc([N+](=O)[O-])cc2C(=O)N2CCC(N3CCCC3)C2)cc1. The Morgan fingerprint density at radius 2 is 1.77 bits per heavy atom. The molecule has 0 aromatic heterocycles. The van der Waals surface area contributed by atoms with Gasteiger partial charge in [0.25, 0.3) is 11.6 Å². The minimum absolute atomic E-state index is 0.129. The Labute approximate surface area is 175 Å². The Bertz CT molecular complexity index is 925. The van der Waals surface area contributed by atoms with Crippen molar-refractivity contribution in [3.63, 3.8) is 0 Å². The average molecular weight is 411 g/mol. The Morgan fingerprint density at radius 1 is 1.07 bits per heavy atom. The van der Waals surface area contributed by atoms with E-state index in [-0.39, 0.29) is 17.2 Å². The van der Waals surface area contributed by atoms with Gasteiger partial charge in [-0.3, -0.25) is 19.8 Å². The normalized spacial score (nSPS) is 19.1. The van der Waals surface area contributed by atoms with Crippen LogP contribution in [0.4, 0.5) is 5.69 Å². The number of hydrogen-bond donors (Lipinski definition) is 0. The van der Waals surface area contributed by atoms with Gasteiger partial charge in [0.15, 0.2) is 0 Å². The number of likely N-dealkylation sites (tertiary alicyclic amines) is 2. The number of nitrogens with zero attached hydrogens (tertiary/aromatic N) is 3. The standard InChI is InChI=1S/C22H25N3O5/c1-29-18-5-7-19(8-6-18)30-21-9-4-16(25(27)28)14-20(21)22(26)24-13-10-17(15-24)23-11-2-3-12-23/h4-9,14,17H,2-3,10-13,15H2,1H3. The molecule has 0 spiro atoms. The van der Waals surface area contributed by atoms with E-state index < -0.39 is 4.92 Å². The molecule has 158 valence electrons. The van der Waals surface area contributed by atoms with Gasteiger partial charge < -0.3 is 14.4 Å². The van der Waals surface area contributed by atoms with Crippen LogP contribution in [0.1, 0.15) is 29.6 Å². The molecule has 2 aliphatic rings.